The number of amides is 1. The largest absolute Gasteiger partial charge is 0.490 e. The van der Waals surface area contributed by atoms with Crippen molar-refractivity contribution in [2.24, 2.45) is 0 Å². The van der Waals surface area contributed by atoms with E-state index in [0.717, 1.165) is 18.5 Å². The molecule has 0 saturated carbocycles. The fraction of sp³-hybridized carbons (Fsp3) is 0.409. The Hall–Kier alpha value is -3.07. The SMILES string of the molecule is CC(C)Oc1cc2nc(C3CCOCC3)cn2cc1C(=O)Nc1cccc(C(F)F)n1. The van der Waals surface area contributed by atoms with Crippen molar-refractivity contribution in [2.75, 3.05) is 18.5 Å². The molecule has 0 radical (unpaired) electrons. The van der Waals surface area contributed by atoms with Gasteiger partial charge in [0.2, 0.25) is 0 Å². The van der Waals surface area contributed by atoms with E-state index in [-0.39, 0.29) is 17.5 Å². The van der Waals surface area contributed by atoms with Gasteiger partial charge in [0.1, 0.15) is 22.9 Å². The number of anilines is 1. The topological polar surface area (TPSA) is 77.8 Å². The minimum atomic E-state index is -2.72. The summed E-state index contributed by atoms with van der Waals surface area (Å²) >= 11 is 0. The molecular weight excluding hydrogens is 406 g/mol. The Kier molecular flexibility index (Phi) is 6.13. The maximum Gasteiger partial charge on any atom is 0.280 e. The first-order valence-corrected chi connectivity index (χ1v) is 10.2. The molecule has 1 amide bonds. The van der Waals surface area contributed by atoms with Gasteiger partial charge < -0.3 is 19.2 Å². The highest BCUT2D eigenvalue weighted by Crippen LogP contribution is 2.29. The van der Waals surface area contributed by atoms with E-state index in [1.807, 2.05) is 20.0 Å². The number of hydrogen-bond donors (Lipinski definition) is 1. The van der Waals surface area contributed by atoms with Crippen molar-refractivity contribution in [2.45, 2.75) is 45.1 Å². The van der Waals surface area contributed by atoms with E-state index in [4.69, 9.17) is 14.5 Å². The van der Waals surface area contributed by atoms with Crippen molar-refractivity contribution in [1.29, 1.82) is 0 Å². The molecule has 0 aliphatic carbocycles. The van der Waals surface area contributed by atoms with Gasteiger partial charge in [0, 0.05) is 37.6 Å². The molecule has 1 aliphatic rings. The standard InChI is InChI=1S/C22H24F2N4O3/c1-13(2)31-18-10-20-26-17(14-6-8-30-9-7-14)12-28(20)11-15(18)22(29)27-19-5-3-4-16(25-19)21(23)24/h3-5,10-14,21H,6-9H2,1-2H3,(H,25,27,29). The third-order valence-electron chi connectivity index (χ3n) is 5.06. The summed E-state index contributed by atoms with van der Waals surface area (Å²) in [4.78, 5) is 21.5. The lowest BCUT2D eigenvalue weighted by Gasteiger charge is -2.19. The fourth-order valence-corrected chi connectivity index (χ4v) is 3.57. The van der Waals surface area contributed by atoms with Crippen LogP contribution in [0.15, 0.2) is 36.7 Å². The summed E-state index contributed by atoms with van der Waals surface area (Å²) in [7, 11) is 0. The molecule has 7 nitrogen and oxygen atoms in total. The van der Waals surface area contributed by atoms with Gasteiger partial charge in [-0.25, -0.2) is 18.7 Å². The maximum atomic E-state index is 13.0. The maximum absolute atomic E-state index is 13.0. The molecule has 0 spiro atoms. The van der Waals surface area contributed by atoms with E-state index >= 15 is 0 Å². The zero-order valence-corrected chi connectivity index (χ0v) is 17.3. The number of fused-ring (bicyclic) bond motifs is 1. The third-order valence-corrected chi connectivity index (χ3v) is 5.06. The smallest absolute Gasteiger partial charge is 0.280 e. The molecule has 3 aromatic heterocycles. The number of imidazole rings is 1. The molecule has 3 aromatic rings. The van der Waals surface area contributed by atoms with Gasteiger partial charge in [0.15, 0.2) is 0 Å². The minimum absolute atomic E-state index is 0.0481. The first-order valence-electron chi connectivity index (χ1n) is 10.2. The monoisotopic (exact) mass is 430 g/mol. The number of halogens is 2. The van der Waals surface area contributed by atoms with Gasteiger partial charge in [-0.1, -0.05) is 6.07 Å². The van der Waals surface area contributed by atoms with Crippen LogP contribution in [0.2, 0.25) is 0 Å². The molecule has 4 rings (SSSR count). The van der Waals surface area contributed by atoms with Gasteiger partial charge >= 0.3 is 0 Å². The van der Waals surface area contributed by atoms with Crippen LogP contribution >= 0.6 is 0 Å². The zero-order valence-electron chi connectivity index (χ0n) is 17.3. The average Bonchev–Trinajstić information content (AvgIpc) is 3.16. The van der Waals surface area contributed by atoms with Crippen molar-refractivity contribution in [3.05, 3.63) is 53.6 Å². The van der Waals surface area contributed by atoms with Gasteiger partial charge in [-0.05, 0) is 38.8 Å². The Morgan fingerprint density at radius 1 is 1.23 bits per heavy atom. The molecule has 1 aliphatic heterocycles. The highest BCUT2D eigenvalue weighted by atomic mass is 19.3. The number of carbonyl (C=O) groups excluding carboxylic acids is 1. The molecule has 1 saturated heterocycles. The van der Waals surface area contributed by atoms with Crippen LogP contribution < -0.4 is 10.1 Å². The fourth-order valence-electron chi connectivity index (χ4n) is 3.57. The van der Waals surface area contributed by atoms with Gasteiger partial charge in [-0.2, -0.15) is 0 Å². The lowest BCUT2D eigenvalue weighted by atomic mass is 9.97. The number of aromatic nitrogens is 3. The number of hydrogen-bond acceptors (Lipinski definition) is 5. The Morgan fingerprint density at radius 2 is 2.00 bits per heavy atom. The number of ether oxygens (including phenoxy) is 2. The van der Waals surface area contributed by atoms with Gasteiger partial charge in [0.25, 0.3) is 12.3 Å². The van der Waals surface area contributed by atoms with E-state index in [2.05, 4.69) is 10.3 Å². The number of nitrogens with zero attached hydrogens (tertiary/aromatic N) is 3. The molecule has 164 valence electrons. The summed E-state index contributed by atoms with van der Waals surface area (Å²) in [5, 5.41) is 2.59. The minimum Gasteiger partial charge on any atom is -0.490 e. The summed E-state index contributed by atoms with van der Waals surface area (Å²) in [5.74, 6) is 0.223. The highest BCUT2D eigenvalue weighted by molar-refractivity contribution is 6.05. The molecule has 9 heteroatoms. The van der Waals surface area contributed by atoms with Crippen LogP contribution in [0.4, 0.5) is 14.6 Å². The Morgan fingerprint density at radius 3 is 2.71 bits per heavy atom. The molecule has 1 N–H and O–H groups in total. The average molecular weight is 430 g/mol. The van der Waals surface area contributed by atoms with Crippen LogP contribution in [0.1, 0.15) is 60.8 Å². The Balaban J connectivity index is 1.67. The summed E-state index contributed by atoms with van der Waals surface area (Å²) in [5.41, 5.74) is 1.48. The second-order valence-corrected chi connectivity index (χ2v) is 7.74. The van der Waals surface area contributed by atoms with E-state index in [0.29, 0.717) is 30.5 Å². The summed E-state index contributed by atoms with van der Waals surface area (Å²) < 4.78 is 38.9. The zero-order chi connectivity index (χ0) is 22.0. The predicted molar refractivity (Wildman–Crippen MR) is 111 cm³/mol. The van der Waals surface area contributed by atoms with E-state index < -0.39 is 18.0 Å². The van der Waals surface area contributed by atoms with Crippen LogP contribution in [0.25, 0.3) is 5.65 Å². The summed E-state index contributed by atoms with van der Waals surface area (Å²) in [6.45, 7) is 5.13. The molecule has 0 atom stereocenters. The highest BCUT2D eigenvalue weighted by Gasteiger charge is 2.22. The molecule has 0 aromatic carbocycles. The first-order chi connectivity index (χ1) is 14.9. The van der Waals surface area contributed by atoms with Gasteiger partial charge in [0.05, 0.1) is 17.4 Å². The number of pyridine rings is 2. The molecule has 1 fully saturated rings. The molecular formula is C22H24F2N4O3. The van der Waals surface area contributed by atoms with E-state index in [9.17, 15) is 13.6 Å². The van der Waals surface area contributed by atoms with Gasteiger partial charge in [-0.15, -0.1) is 0 Å². The Labute approximate surface area is 178 Å². The van der Waals surface area contributed by atoms with Crippen molar-refractivity contribution in [3.8, 4) is 5.75 Å². The number of carbonyl (C=O) groups is 1. The molecule has 4 heterocycles. The normalized spacial score (nSPS) is 15.0. The lowest BCUT2D eigenvalue weighted by Crippen LogP contribution is -2.17. The van der Waals surface area contributed by atoms with Crippen LogP contribution in [0.5, 0.6) is 5.75 Å². The predicted octanol–water partition coefficient (Wildman–Crippen LogP) is 4.60. The van der Waals surface area contributed by atoms with Gasteiger partial charge in [-0.3, -0.25) is 4.79 Å². The third kappa shape index (κ3) is 4.82. The lowest BCUT2D eigenvalue weighted by molar-refractivity contribution is 0.0846. The van der Waals surface area contributed by atoms with Crippen molar-refractivity contribution in [1.82, 2.24) is 14.4 Å². The number of alkyl halides is 2. The van der Waals surface area contributed by atoms with Crippen molar-refractivity contribution in [3.63, 3.8) is 0 Å². The van der Waals surface area contributed by atoms with Crippen LogP contribution in [-0.4, -0.2) is 39.6 Å². The second kappa shape index (κ2) is 8.97. The van der Waals surface area contributed by atoms with Crippen LogP contribution in [-0.2, 0) is 4.74 Å². The second-order valence-electron chi connectivity index (χ2n) is 7.74. The quantitative estimate of drug-likeness (QED) is 0.618. The number of nitrogens with one attached hydrogen (secondary N) is 1. The summed E-state index contributed by atoms with van der Waals surface area (Å²) in [6, 6.07) is 5.82. The first kappa shape index (κ1) is 21.2. The van der Waals surface area contributed by atoms with Crippen LogP contribution in [0.3, 0.4) is 0 Å². The molecule has 31 heavy (non-hydrogen) atoms. The molecule has 0 bridgehead atoms. The van der Waals surface area contributed by atoms with Crippen molar-refractivity contribution < 1.29 is 23.0 Å². The Bertz CT molecular complexity index is 1080. The summed E-state index contributed by atoms with van der Waals surface area (Å²) in [6.07, 6.45) is 2.48. The number of rotatable bonds is 6. The van der Waals surface area contributed by atoms with E-state index in [1.165, 1.54) is 18.2 Å². The van der Waals surface area contributed by atoms with Crippen LogP contribution in [0, 0.1) is 0 Å². The van der Waals surface area contributed by atoms with E-state index in [1.54, 1.807) is 16.7 Å². The van der Waals surface area contributed by atoms with Crippen molar-refractivity contribution >= 4 is 17.4 Å². The molecule has 0 unspecified atom stereocenters.